The van der Waals surface area contributed by atoms with Crippen LogP contribution in [0, 0.1) is 0 Å². The van der Waals surface area contributed by atoms with Gasteiger partial charge in [-0.05, 0) is 54.8 Å². The van der Waals surface area contributed by atoms with Crippen molar-refractivity contribution < 1.29 is 18.0 Å². The van der Waals surface area contributed by atoms with Crippen LogP contribution in [-0.4, -0.2) is 63.8 Å². The average Bonchev–Trinajstić information content (AvgIpc) is 3.29. The van der Waals surface area contributed by atoms with Crippen molar-refractivity contribution in [1.82, 2.24) is 9.21 Å². The fraction of sp³-hybridized carbons (Fsp3) is 0.364. The molecule has 0 unspecified atom stereocenters. The van der Waals surface area contributed by atoms with Crippen LogP contribution in [0.15, 0.2) is 41.3 Å². The number of nitrogens with zero attached hydrogens (tertiary/aromatic N) is 3. The van der Waals surface area contributed by atoms with Gasteiger partial charge in [-0.25, -0.2) is 17.5 Å². The fourth-order valence-electron chi connectivity index (χ4n) is 3.96. The first-order valence-corrected chi connectivity index (χ1v) is 11.9. The van der Waals surface area contributed by atoms with Gasteiger partial charge >= 0.3 is 6.03 Å². The molecule has 2 aromatic carbocycles. The maximum atomic E-state index is 13.3. The van der Waals surface area contributed by atoms with E-state index in [-0.39, 0.29) is 16.8 Å². The molecule has 3 amide bonds. The van der Waals surface area contributed by atoms with Crippen molar-refractivity contribution in [2.45, 2.75) is 24.3 Å². The zero-order valence-electron chi connectivity index (χ0n) is 18.4. The summed E-state index contributed by atoms with van der Waals surface area (Å²) in [6.07, 6.45) is 2.06. The summed E-state index contributed by atoms with van der Waals surface area (Å²) in [5.74, 6) is -0.379. The number of benzene rings is 2. The standard InChI is InChI=1S/C22H27N5O4S/c1-25(2)32(30,31)17-7-9-20(27-10-4-5-11-27)18(13-17)21(28)23-16-6-8-19-15(12-16)14-26(3)22(29)24-19/h6-9,12-13H,4-5,10-11,14H2,1-3H3,(H,23,28)(H,24,29). The fourth-order valence-corrected chi connectivity index (χ4v) is 4.89. The zero-order chi connectivity index (χ0) is 23.0. The van der Waals surface area contributed by atoms with Crippen LogP contribution in [0.3, 0.4) is 0 Å². The quantitative estimate of drug-likeness (QED) is 0.719. The summed E-state index contributed by atoms with van der Waals surface area (Å²) in [7, 11) is 0.946. The molecule has 0 bridgehead atoms. The summed E-state index contributed by atoms with van der Waals surface area (Å²) in [5.41, 5.74) is 3.21. The summed E-state index contributed by atoms with van der Waals surface area (Å²) in [5, 5.41) is 5.70. The van der Waals surface area contributed by atoms with Gasteiger partial charge in [0.25, 0.3) is 5.91 Å². The third-order valence-electron chi connectivity index (χ3n) is 5.80. The summed E-state index contributed by atoms with van der Waals surface area (Å²) in [4.78, 5) is 28.8. The molecule has 1 saturated heterocycles. The molecule has 10 heteroatoms. The van der Waals surface area contributed by atoms with E-state index in [0.29, 0.717) is 23.5 Å². The van der Waals surface area contributed by atoms with Crippen molar-refractivity contribution in [3.8, 4) is 0 Å². The molecule has 0 atom stereocenters. The van der Waals surface area contributed by atoms with E-state index in [4.69, 9.17) is 0 Å². The molecular formula is C22H27N5O4S. The summed E-state index contributed by atoms with van der Waals surface area (Å²) in [6.45, 7) is 2.08. The lowest BCUT2D eigenvalue weighted by molar-refractivity contribution is 0.102. The van der Waals surface area contributed by atoms with Crippen LogP contribution < -0.4 is 15.5 Å². The highest BCUT2D eigenvalue weighted by Crippen LogP contribution is 2.30. The number of rotatable bonds is 5. The second-order valence-corrected chi connectivity index (χ2v) is 10.4. The molecule has 2 heterocycles. The Morgan fingerprint density at radius 3 is 2.50 bits per heavy atom. The van der Waals surface area contributed by atoms with Crippen LogP contribution >= 0.6 is 0 Å². The van der Waals surface area contributed by atoms with Gasteiger partial charge in [0.15, 0.2) is 0 Å². The Labute approximate surface area is 188 Å². The lowest BCUT2D eigenvalue weighted by atomic mass is 10.1. The van der Waals surface area contributed by atoms with E-state index >= 15 is 0 Å². The van der Waals surface area contributed by atoms with Crippen molar-refractivity contribution >= 4 is 39.0 Å². The minimum atomic E-state index is -3.68. The van der Waals surface area contributed by atoms with Crippen LogP contribution in [0.5, 0.6) is 0 Å². The number of fused-ring (bicyclic) bond motifs is 1. The topological polar surface area (TPSA) is 102 Å². The molecule has 32 heavy (non-hydrogen) atoms. The molecule has 9 nitrogen and oxygen atoms in total. The molecule has 0 radical (unpaired) electrons. The molecule has 0 saturated carbocycles. The van der Waals surface area contributed by atoms with Crippen LogP contribution in [0.25, 0.3) is 0 Å². The molecule has 2 N–H and O–H groups in total. The Bertz CT molecular complexity index is 1170. The molecule has 2 aliphatic rings. The Morgan fingerprint density at radius 1 is 1.09 bits per heavy atom. The Morgan fingerprint density at radius 2 is 1.81 bits per heavy atom. The highest BCUT2D eigenvalue weighted by molar-refractivity contribution is 7.89. The number of carbonyl (C=O) groups is 2. The number of sulfonamides is 1. The van der Waals surface area contributed by atoms with E-state index in [9.17, 15) is 18.0 Å². The first-order chi connectivity index (χ1) is 15.2. The number of amides is 3. The second-order valence-electron chi connectivity index (χ2n) is 8.27. The first kappa shape index (κ1) is 22.1. The van der Waals surface area contributed by atoms with Crippen molar-refractivity contribution in [3.05, 3.63) is 47.5 Å². The summed E-state index contributed by atoms with van der Waals surface area (Å²) >= 11 is 0. The number of hydrogen-bond donors (Lipinski definition) is 2. The smallest absolute Gasteiger partial charge is 0.321 e. The van der Waals surface area contributed by atoms with Gasteiger partial charge in [-0.3, -0.25) is 4.79 Å². The number of urea groups is 1. The molecule has 0 spiro atoms. The first-order valence-electron chi connectivity index (χ1n) is 10.4. The van der Waals surface area contributed by atoms with E-state index in [2.05, 4.69) is 15.5 Å². The molecular weight excluding hydrogens is 430 g/mol. The van der Waals surface area contributed by atoms with E-state index in [1.807, 2.05) is 6.07 Å². The molecule has 2 aromatic rings. The Kier molecular flexibility index (Phi) is 5.83. The summed E-state index contributed by atoms with van der Waals surface area (Å²) < 4.78 is 26.4. The average molecular weight is 458 g/mol. The Balaban J connectivity index is 1.67. The van der Waals surface area contributed by atoms with Gasteiger partial charge in [-0.2, -0.15) is 0 Å². The van der Waals surface area contributed by atoms with Gasteiger partial charge < -0.3 is 20.4 Å². The van der Waals surface area contributed by atoms with Crippen molar-refractivity contribution in [3.63, 3.8) is 0 Å². The lowest BCUT2D eigenvalue weighted by Gasteiger charge is -2.26. The number of carbonyl (C=O) groups excluding carboxylic acids is 2. The number of nitrogens with one attached hydrogen (secondary N) is 2. The number of hydrogen-bond acceptors (Lipinski definition) is 5. The van der Waals surface area contributed by atoms with E-state index in [1.165, 1.54) is 20.2 Å². The molecule has 2 aliphatic heterocycles. The highest BCUT2D eigenvalue weighted by Gasteiger charge is 2.25. The third kappa shape index (κ3) is 4.15. The normalized spacial score (nSPS) is 16.2. The van der Waals surface area contributed by atoms with Gasteiger partial charge in [-0.15, -0.1) is 0 Å². The van der Waals surface area contributed by atoms with Crippen LogP contribution in [0.2, 0.25) is 0 Å². The molecule has 0 aromatic heterocycles. The van der Waals surface area contributed by atoms with E-state index in [1.54, 1.807) is 36.2 Å². The van der Waals surface area contributed by atoms with Gasteiger partial charge in [0.05, 0.1) is 10.5 Å². The predicted octanol–water partition coefficient (Wildman–Crippen LogP) is 2.77. The monoisotopic (exact) mass is 457 g/mol. The largest absolute Gasteiger partial charge is 0.371 e. The van der Waals surface area contributed by atoms with Crippen LogP contribution in [-0.2, 0) is 16.6 Å². The Hall–Kier alpha value is -3.11. The van der Waals surface area contributed by atoms with Crippen molar-refractivity contribution in [1.29, 1.82) is 0 Å². The van der Waals surface area contributed by atoms with Gasteiger partial charge in [-0.1, -0.05) is 0 Å². The van der Waals surface area contributed by atoms with Gasteiger partial charge in [0.2, 0.25) is 10.0 Å². The van der Waals surface area contributed by atoms with Crippen LogP contribution in [0.4, 0.5) is 21.9 Å². The molecule has 170 valence electrons. The zero-order valence-corrected chi connectivity index (χ0v) is 19.2. The third-order valence-corrected chi connectivity index (χ3v) is 7.61. The minimum Gasteiger partial charge on any atom is -0.371 e. The van der Waals surface area contributed by atoms with Gasteiger partial charge in [0, 0.05) is 57.8 Å². The molecule has 4 rings (SSSR count). The minimum absolute atomic E-state index is 0.0744. The maximum Gasteiger partial charge on any atom is 0.321 e. The SMILES string of the molecule is CN1Cc2cc(NC(=O)c3cc(S(=O)(=O)N(C)C)ccc3N3CCCC3)ccc2NC1=O. The lowest BCUT2D eigenvalue weighted by Crippen LogP contribution is -2.35. The molecule has 1 fully saturated rings. The predicted molar refractivity (Wildman–Crippen MR) is 124 cm³/mol. The van der Waals surface area contributed by atoms with Crippen LogP contribution in [0.1, 0.15) is 28.8 Å². The maximum absolute atomic E-state index is 13.3. The highest BCUT2D eigenvalue weighted by atomic mass is 32.2. The number of anilines is 3. The second kappa shape index (κ2) is 8.44. The van der Waals surface area contributed by atoms with Crippen molar-refractivity contribution in [2.24, 2.45) is 0 Å². The van der Waals surface area contributed by atoms with E-state index in [0.717, 1.165) is 41.5 Å². The molecule has 0 aliphatic carbocycles. The van der Waals surface area contributed by atoms with Gasteiger partial charge in [0.1, 0.15) is 0 Å². The summed E-state index contributed by atoms with van der Waals surface area (Å²) in [6, 6.07) is 9.83. The van der Waals surface area contributed by atoms with Crippen molar-refractivity contribution in [2.75, 3.05) is 49.8 Å². The van der Waals surface area contributed by atoms with E-state index < -0.39 is 10.0 Å².